The Bertz CT molecular complexity index is 880. The highest BCUT2D eigenvalue weighted by Crippen LogP contribution is 2.24. The highest BCUT2D eigenvalue weighted by molar-refractivity contribution is 7.89. The first kappa shape index (κ1) is 21.9. The Kier molecular flexibility index (Phi) is 8.02. The molecular formula is C21H28N2O4S. The number of ether oxygens (including phenoxy) is 1. The Hall–Kier alpha value is -2.38. The molecule has 0 unspecified atom stereocenters. The molecule has 0 radical (unpaired) electrons. The molecule has 0 aliphatic carbocycles. The van der Waals surface area contributed by atoms with E-state index in [9.17, 15) is 13.2 Å². The molecule has 2 aromatic rings. The van der Waals surface area contributed by atoms with Gasteiger partial charge in [0.1, 0.15) is 5.75 Å². The van der Waals surface area contributed by atoms with Crippen molar-refractivity contribution in [1.29, 1.82) is 0 Å². The molecule has 2 aromatic carbocycles. The van der Waals surface area contributed by atoms with Crippen molar-refractivity contribution < 1.29 is 17.9 Å². The SMILES string of the molecule is CCCNS(=O)(=O)c1ccc(CCC(=O)N[C@H](C)c2ccccc2OC)cc1. The minimum absolute atomic E-state index is 0.0697. The molecule has 0 saturated carbocycles. The van der Waals surface area contributed by atoms with Gasteiger partial charge in [-0.2, -0.15) is 0 Å². The first-order chi connectivity index (χ1) is 13.4. The number of methoxy groups -OCH3 is 1. The van der Waals surface area contributed by atoms with E-state index in [1.807, 2.05) is 38.1 Å². The van der Waals surface area contributed by atoms with Crippen molar-refractivity contribution in [3.8, 4) is 5.75 Å². The average molecular weight is 405 g/mol. The molecule has 0 saturated heterocycles. The Morgan fingerprint density at radius 3 is 2.43 bits per heavy atom. The quantitative estimate of drug-likeness (QED) is 0.637. The molecule has 0 aliphatic heterocycles. The highest BCUT2D eigenvalue weighted by atomic mass is 32.2. The van der Waals surface area contributed by atoms with Crippen molar-refractivity contribution in [3.63, 3.8) is 0 Å². The van der Waals surface area contributed by atoms with Gasteiger partial charge in [0.25, 0.3) is 0 Å². The summed E-state index contributed by atoms with van der Waals surface area (Å²) in [5.41, 5.74) is 1.84. The van der Waals surface area contributed by atoms with Crippen molar-refractivity contribution in [2.24, 2.45) is 0 Å². The molecule has 1 atom stereocenters. The number of benzene rings is 2. The first-order valence-electron chi connectivity index (χ1n) is 9.38. The normalized spacial score (nSPS) is 12.4. The molecular weight excluding hydrogens is 376 g/mol. The van der Waals surface area contributed by atoms with Crippen molar-refractivity contribution in [2.75, 3.05) is 13.7 Å². The number of para-hydroxylation sites is 1. The van der Waals surface area contributed by atoms with Crippen LogP contribution >= 0.6 is 0 Å². The van der Waals surface area contributed by atoms with Crippen LogP contribution in [0.4, 0.5) is 0 Å². The minimum Gasteiger partial charge on any atom is -0.496 e. The van der Waals surface area contributed by atoms with Gasteiger partial charge >= 0.3 is 0 Å². The number of nitrogens with one attached hydrogen (secondary N) is 2. The fraction of sp³-hybridized carbons (Fsp3) is 0.381. The summed E-state index contributed by atoms with van der Waals surface area (Å²) in [5.74, 6) is 0.670. The van der Waals surface area contributed by atoms with Crippen LogP contribution in [0.1, 0.15) is 43.9 Å². The van der Waals surface area contributed by atoms with E-state index in [1.165, 1.54) is 0 Å². The minimum atomic E-state index is -3.46. The molecule has 1 amide bonds. The van der Waals surface area contributed by atoms with Crippen molar-refractivity contribution >= 4 is 15.9 Å². The smallest absolute Gasteiger partial charge is 0.240 e. The van der Waals surface area contributed by atoms with Gasteiger partial charge in [-0.05, 0) is 43.5 Å². The molecule has 28 heavy (non-hydrogen) atoms. The van der Waals surface area contributed by atoms with Gasteiger partial charge < -0.3 is 10.1 Å². The van der Waals surface area contributed by atoms with Gasteiger partial charge in [0.2, 0.25) is 15.9 Å². The number of aryl methyl sites for hydroxylation is 1. The van der Waals surface area contributed by atoms with Gasteiger partial charge in [-0.3, -0.25) is 4.79 Å². The zero-order valence-corrected chi connectivity index (χ0v) is 17.4. The maximum Gasteiger partial charge on any atom is 0.240 e. The molecule has 152 valence electrons. The molecule has 0 aromatic heterocycles. The summed E-state index contributed by atoms with van der Waals surface area (Å²) < 4.78 is 32.1. The third-order valence-corrected chi connectivity index (χ3v) is 5.88. The highest BCUT2D eigenvalue weighted by Gasteiger charge is 2.15. The monoisotopic (exact) mass is 404 g/mol. The first-order valence-corrected chi connectivity index (χ1v) is 10.9. The van der Waals surface area contributed by atoms with Crippen LogP contribution in [-0.4, -0.2) is 28.0 Å². The lowest BCUT2D eigenvalue weighted by Crippen LogP contribution is -2.27. The summed E-state index contributed by atoms with van der Waals surface area (Å²) in [6, 6.07) is 14.1. The summed E-state index contributed by atoms with van der Waals surface area (Å²) in [4.78, 5) is 12.5. The fourth-order valence-corrected chi connectivity index (χ4v) is 3.96. The molecule has 0 heterocycles. The van der Waals surface area contributed by atoms with Gasteiger partial charge in [0.15, 0.2) is 0 Å². The summed E-state index contributed by atoms with van der Waals surface area (Å²) in [7, 11) is -1.86. The van der Waals surface area contributed by atoms with E-state index in [0.29, 0.717) is 19.4 Å². The molecule has 7 heteroatoms. The molecule has 0 spiro atoms. The molecule has 0 bridgehead atoms. The van der Waals surface area contributed by atoms with Gasteiger partial charge in [-0.1, -0.05) is 37.3 Å². The van der Waals surface area contributed by atoms with Crippen LogP contribution in [0.25, 0.3) is 0 Å². The van der Waals surface area contributed by atoms with Crippen molar-refractivity contribution in [2.45, 2.75) is 44.0 Å². The summed E-state index contributed by atoms with van der Waals surface area (Å²) >= 11 is 0. The van der Waals surface area contributed by atoms with Gasteiger partial charge in [0, 0.05) is 18.5 Å². The topological polar surface area (TPSA) is 84.5 Å². The van der Waals surface area contributed by atoms with Gasteiger partial charge in [-0.25, -0.2) is 13.1 Å². The maximum atomic E-state index is 12.3. The van der Waals surface area contributed by atoms with Gasteiger partial charge in [-0.15, -0.1) is 0 Å². The molecule has 6 nitrogen and oxygen atoms in total. The van der Waals surface area contributed by atoms with Crippen molar-refractivity contribution in [1.82, 2.24) is 10.0 Å². The number of carbonyl (C=O) groups is 1. The van der Waals surface area contributed by atoms with E-state index in [-0.39, 0.29) is 16.8 Å². The van der Waals surface area contributed by atoms with Crippen molar-refractivity contribution in [3.05, 3.63) is 59.7 Å². The number of carbonyl (C=O) groups excluding carboxylic acids is 1. The third-order valence-electron chi connectivity index (χ3n) is 4.40. The lowest BCUT2D eigenvalue weighted by molar-refractivity contribution is -0.121. The van der Waals surface area contributed by atoms with Crippen LogP contribution in [0.5, 0.6) is 5.75 Å². The maximum absolute atomic E-state index is 12.3. The largest absolute Gasteiger partial charge is 0.496 e. The lowest BCUT2D eigenvalue weighted by Gasteiger charge is -2.17. The fourth-order valence-electron chi connectivity index (χ4n) is 2.83. The van der Waals surface area contributed by atoms with E-state index >= 15 is 0 Å². The zero-order chi connectivity index (χ0) is 20.6. The third kappa shape index (κ3) is 6.07. The molecule has 2 rings (SSSR count). The Morgan fingerprint density at radius 2 is 1.79 bits per heavy atom. The summed E-state index contributed by atoms with van der Waals surface area (Å²) in [6.45, 7) is 4.23. The Labute approximate surface area is 167 Å². The van der Waals surface area contributed by atoms with E-state index < -0.39 is 10.0 Å². The predicted octanol–water partition coefficient (Wildman–Crippen LogP) is 3.19. The number of sulfonamides is 1. The second-order valence-corrected chi connectivity index (χ2v) is 8.34. The van der Waals surface area contributed by atoms with Crippen LogP contribution in [0, 0.1) is 0 Å². The molecule has 0 aliphatic rings. The average Bonchev–Trinajstić information content (AvgIpc) is 2.71. The van der Waals surface area contributed by atoms with Crippen LogP contribution < -0.4 is 14.8 Å². The van der Waals surface area contributed by atoms with E-state index in [1.54, 1.807) is 31.4 Å². The number of hydrogen-bond donors (Lipinski definition) is 2. The summed E-state index contributed by atoms with van der Waals surface area (Å²) in [5, 5.41) is 2.98. The van der Waals surface area contributed by atoms with Crippen LogP contribution in [0.2, 0.25) is 0 Å². The molecule has 0 fully saturated rings. The molecule has 2 N–H and O–H groups in total. The zero-order valence-electron chi connectivity index (χ0n) is 16.6. The lowest BCUT2D eigenvalue weighted by atomic mass is 10.1. The standard InChI is InChI=1S/C21H28N2O4S/c1-4-15-22-28(25,26)18-12-9-17(10-13-18)11-14-21(24)23-16(2)19-7-5-6-8-20(19)27-3/h5-10,12-13,16,22H,4,11,14-15H2,1-3H3,(H,23,24)/t16-/m1/s1. The van der Waals surface area contributed by atoms with E-state index in [2.05, 4.69) is 10.0 Å². The van der Waals surface area contributed by atoms with E-state index in [4.69, 9.17) is 4.74 Å². The number of amides is 1. The van der Waals surface area contributed by atoms with E-state index in [0.717, 1.165) is 23.3 Å². The Balaban J connectivity index is 1.90. The van der Waals surface area contributed by atoms with Crippen LogP contribution in [-0.2, 0) is 21.2 Å². The summed E-state index contributed by atoms with van der Waals surface area (Å²) in [6.07, 6.45) is 1.59. The number of rotatable bonds is 10. The van der Waals surface area contributed by atoms with Gasteiger partial charge in [0.05, 0.1) is 18.0 Å². The predicted molar refractivity (Wildman–Crippen MR) is 110 cm³/mol. The second kappa shape index (κ2) is 10.2. The second-order valence-electron chi connectivity index (χ2n) is 6.57. The van der Waals surface area contributed by atoms with Crippen LogP contribution in [0.3, 0.4) is 0 Å². The van der Waals surface area contributed by atoms with Crippen LogP contribution in [0.15, 0.2) is 53.4 Å². The Morgan fingerprint density at radius 1 is 1.11 bits per heavy atom. The number of hydrogen-bond acceptors (Lipinski definition) is 4.